The molecule has 0 aliphatic carbocycles. The van der Waals surface area contributed by atoms with Gasteiger partial charge in [-0.25, -0.2) is 9.97 Å². The standard InChI is InChI=1S/C20H22N4O2/c1-13-6-7-17(26-13)18-12-24(9-10-25-18)20-14(2)15(3)22-19(23-20)16-5-4-8-21-11-16/h4-8,11,18H,9-10,12H2,1-3H3. The minimum atomic E-state index is -0.0889. The van der Waals surface area contributed by atoms with Gasteiger partial charge in [0.05, 0.1) is 13.2 Å². The Bertz CT molecular complexity index is 907. The fourth-order valence-electron chi connectivity index (χ4n) is 3.19. The van der Waals surface area contributed by atoms with Crippen molar-refractivity contribution in [2.24, 2.45) is 0 Å². The van der Waals surface area contributed by atoms with Gasteiger partial charge in [-0.15, -0.1) is 0 Å². The number of aryl methyl sites for hydroxylation is 2. The number of rotatable bonds is 3. The van der Waals surface area contributed by atoms with E-state index in [1.807, 2.05) is 38.1 Å². The van der Waals surface area contributed by atoms with E-state index in [2.05, 4.69) is 21.8 Å². The third-order valence-electron chi connectivity index (χ3n) is 4.73. The predicted octanol–water partition coefficient (Wildman–Crippen LogP) is 3.63. The average molecular weight is 350 g/mol. The largest absolute Gasteiger partial charge is 0.464 e. The molecular formula is C20H22N4O2. The van der Waals surface area contributed by atoms with Crippen LogP contribution >= 0.6 is 0 Å². The molecule has 1 atom stereocenters. The molecule has 0 amide bonds. The number of morpholine rings is 1. The van der Waals surface area contributed by atoms with Gasteiger partial charge in [-0.05, 0) is 45.0 Å². The molecule has 1 unspecified atom stereocenters. The second-order valence-corrected chi connectivity index (χ2v) is 6.58. The first-order valence-electron chi connectivity index (χ1n) is 8.80. The Morgan fingerprint density at radius 2 is 2.00 bits per heavy atom. The smallest absolute Gasteiger partial charge is 0.163 e. The van der Waals surface area contributed by atoms with Gasteiger partial charge >= 0.3 is 0 Å². The zero-order chi connectivity index (χ0) is 18.1. The summed E-state index contributed by atoms with van der Waals surface area (Å²) in [6.07, 6.45) is 3.46. The van der Waals surface area contributed by atoms with Crippen LogP contribution in [0.1, 0.15) is 28.9 Å². The molecule has 134 valence electrons. The highest BCUT2D eigenvalue weighted by Gasteiger charge is 2.27. The van der Waals surface area contributed by atoms with Crippen molar-refractivity contribution in [3.8, 4) is 11.4 Å². The number of nitrogens with zero attached hydrogens (tertiary/aromatic N) is 4. The van der Waals surface area contributed by atoms with E-state index in [1.165, 1.54) is 0 Å². The lowest BCUT2D eigenvalue weighted by Gasteiger charge is -2.34. The fourth-order valence-corrected chi connectivity index (χ4v) is 3.19. The highest BCUT2D eigenvalue weighted by Crippen LogP contribution is 2.30. The van der Waals surface area contributed by atoms with Crippen molar-refractivity contribution < 1.29 is 9.15 Å². The molecule has 0 saturated carbocycles. The monoisotopic (exact) mass is 350 g/mol. The quantitative estimate of drug-likeness (QED) is 0.719. The molecule has 26 heavy (non-hydrogen) atoms. The van der Waals surface area contributed by atoms with Crippen molar-refractivity contribution in [2.75, 3.05) is 24.6 Å². The van der Waals surface area contributed by atoms with Crippen LogP contribution in [0, 0.1) is 20.8 Å². The van der Waals surface area contributed by atoms with E-state index in [0.29, 0.717) is 19.0 Å². The molecule has 4 rings (SSSR count). The van der Waals surface area contributed by atoms with Crippen molar-refractivity contribution in [1.82, 2.24) is 15.0 Å². The summed E-state index contributed by atoms with van der Waals surface area (Å²) in [5.41, 5.74) is 2.99. The van der Waals surface area contributed by atoms with E-state index in [0.717, 1.165) is 40.7 Å². The van der Waals surface area contributed by atoms with Crippen LogP contribution in [0.5, 0.6) is 0 Å². The van der Waals surface area contributed by atoms with E-state index in [9.17, 15) is 0 Å². The number of hydrogen-bond donors (Lipinski definition) is 0. The van der Waals surface area contributed by atoms with Crippen molar-refractivity contribution >= 4 is 5.82 Å². The van der Waals surface area contributed by atoms with Gasteiger partial charge < -0.3 is 14.1 Å². The van der Waals surface area contributed by atoms with E-state index in [-0.39, 0.29) is 6.10 Å². The Morgan fingerprint density at radius 3 is 2.73 bits per heavy atom. The second-order valence-electron chi connectivity index (χ2n) is 6.58. The third-order valence-corrected chi connectivity index (χ3v) is 4.73. The molecule has 0 spiro atoms. The number of ether oxygens (including phenoxy) is 1. The lowest BCUT2D eigenvalue weighted by molar-refractivity contribution is 0.0250. The topological polar surface area (TPSA) is 64.3 Å². The first-order valence-corrected chi connectivity index (χ1v) is 8.80. The van der Waals surface area contributed by atoms with E-state index < -0.39 is 0 Å². The van der Waals surface area contributed by atoms with Crippen LogP contribution in [0.3, 0.4) is 0 Å². The van der Waals surface area contributed by atoms with Crippen LogP contribution in [0.25, 0.3) is 11.4 Å². The zero-order valence-electron chi connectivity index (χ0n) is 15.3. The molecule has 3 aromatic heterocycles. The Balaban J connectivity index is 1.67. The molecule has 4 heterocycles. The first-order chi connectivity index (χ1) is 12.6. The maximum absolute atomic E-state index is 5.93. The van der Waals surface area contributed by atoms with Crippen LogP contribution in [0.15, 0.2) is 41.1 Å². The summed E-state index contributed by atoms with van der Waals surface area (Å²) < 4.78 is 11.7. The van der Waals surface area contributed by atoms with Gasteiger partial charge in [0, 0.05) is 35.8 Å². The van der Waals surface area contributed by atoms with E-state index in [4.69, 9.17) is 14.1 Å². The Labute approximate surface area is 152 Å². The molecule has 6 heteroatoms. The van der Waals surface area contributed by atoms with Gasteiger partial charge in [0.25, 0.3) is 0 Å². The summed E-state index contributed by atoms with van der Waals surface area (Å²) in [7, 11) is 0. The second kappa shape index (κ2) is 6.88. The first kappa shape index (κ1) is 16.7. The van der Waals surface area contributed by atoms with Crippen LogP contribution in [-0.4, -0.2) is 34.6 Å². The highest BCUT2D eigenvalue weighted by atomic mass is 16.5. The lowest BCUT2D eigenvalue weighted by Crippen LogP contribution is -2.39. The van der Waals surface area contributed by atoms with Gasteiger partial charge in [0.2, 0.25) is 0 Å². The van der Waals surface area contributed by atoms with Crippen molar-refractivity contribution in [3.63, 3.8) is 0 Å². The maximum Gasteiger partial charge on any atom is 0.163 e. The number of anilines is 1. The number of hydrogen-bond acceptors (Lipinski definition) is 6. The average Bonchev–Trinajstić information content (AvgIpc) is 3.11. The van der Waals surface area contributed by atoms with Gasteiger partial charge in [0.1, 0.15) is 23.4 Å². The van der Waals surface area contributed by atoms with Crippen LogP contribution in [-0.2, 0) is 4.74 Å². The summed E-state index contributed by atoms with van der Waals surface area (Å²) in [4.78, 5) is 15.9. The molecule has 0 bridgehead atoms. The maximum atomic E-state index is 5.93. The molecular weight excluding hydrogens is 328 g/mol. The molecule has 3 aromatic rings. The number of furan rings is 1. The molecule has 0 N–H and O–H groups in total. The number of aromatic nitrogens is 3. The molecule has 1 aliphatic rings. The Kier molecular flexibility index (Phi) is 4.42. The molecule has 1 fully saturated rings. The predicted molar refractivity (Wildman–Crippen MR) is 99.1 cm³/mol. The van der Waals surface area contributed by atoms with Gasteiger partial charge in [-0.3, -0.25) is 4.98 Å². The lowest BCUT2D eigenvalue weighted by atomic mass is 10.1. The van der Waals surface area contributed by atoms with Crippen LogP contribution in [0.2, 0.25) is 0 Å². The Hall–Kier alpha value is -2.73. The van der Waals surface area contributed by atoms with Crippen molar-refractivity contribution in [2.45, 2.75) is 26.9 Å². The highest BCUT2D eigenvalue weighted by molar-refractivity contribution is 5.59. The normalized spacial score (nSPS) is 17.5. The van der Waals surface area contributed by atoms with Gasteiger partial charge in [-0.2, -0.15) is 0 Å². The zero-order valence-corrected chi connectivity index (χ0v) is 15.3. The van der Waals surface area contributed by atoms with E-state index >= 15 is 0 Å². The summed E-state index contributed by atoms with van der Waals surface area (Å²) in [5.74, 6) is 3.41. The summed E-state index contributed by atoms with van der Waals surface area (Å²) >= 11 is 0. The molecule has 1 aliphatic heterocycles. The third kappa shape index (κ3) is 3.20. The van der Waals surface area contributed by atoms with Crippen molar-refractivity contribution in [3.05, 3.63) is 59.4 Å². The van der Waals surface area contributed by atoms with Gasteiger partial charge in [-0.1, -0.05) is 0 Å². The molecule has 1 saturated heterocycles. The van der Waals surface area contributed by atoms with Crippen LogP contribution in [0.4, 0.5) is 5.82 Å². The van der Waals surface area contributed by atoms with E-state index in [1.54, 1.807) is 12.4 Å². The summed E-state index contributed by atoms with van der Waals surface area (Å²) in [6, 6.07) is 7.84. The molecule has 0 radical (unpaired) electrons. The fraction of sp³-hybridized carbons (Fsp3) is 0.350. The molecule has 0 aromatic carbocycles. The Morgan fingerprint density at radius 1 is 1.12 bits per heavy atom. The van der Waals surface area contributed by atoms with Crippen molar-refractivity contribution in [1.29, 1.82) is 0 Å². The summed E-state index contributed by atoms with van der Waals surface area (Å²) in [5, 5.41) is 0. The summed E-state index contributed by atoms with van der Waals surface area (Å²) in [6.45, 7) is 8.17. The minimum Gasteiger partial charge on any atom is -0.464 e. The van der Waals surface area contributed by atoms with Gasteiger partial charge in [0.15, 0.2) is 5.82 Å². The SMILES string of the molecule is Cc1ccc(C2CN(c3nc(-c4cccnc4)nc(C)c3C)CCO2)o1. The number of pyridine rings is 1. The van der Waals surface area contributed by atoms with Crippen LogP contribution < -0.4 is 4.90 Å². The molecule has 6 nitrogen and oxygen atoms in total. The minimum absolute atomic E-state index is 0.0889.